The van der Waals surface area contributed by atoms with Gasteiger partial charge in [0.05, 0.1) is 5.41 Å². The van der Waals surface area contributed by atoms with Crippen LogP contribution >= 0.6 is 0 Å². The van der Waals surface area contributed by atoms with Crippen LogP contribution in [0.25, 0.3) is 33.4 Å². The summed E-state index contributed by atoms with van der Waals surface area (Å²) in [6.45, 7) is 0. The number of rotatable bonds is 4. The van der Waals surface area contributed by atoms with Gasteiger partial charge in [0.15, 0.2) is 0 Å². The van der Waals surface area contributed by atoms with E-state index in [4.69, 9.17) is 0 Å². The van der Waals surface area contributed by atoms with E-state index in [9.17, 15) is 0 Å². The van der Waals surface area contributed by atoms with Gasteiger partial charge in [-0.3, -0.25) is 0 Å². The standard InChI is InChI=1S/C37H26/c1-3-11-27(12-4-1)29-19-23-31(24-20-29)37(32-25-21-30(22-26-32)28-13-5-2-6-14-28)35-17-9-7-15-33(35)34-16-8-10-18-36(34)37/h1-26H. The Hall–Kier alpha value is -4.68. The van der Waals surface area contributed by atoms with Crippen LogP contribution in [0.5, 0.6) is 0 Å². The Morgan fingerprint density at radius 1 is 0.270 bits per heavy atom. The van der Waals surface area contributed by atoms with Crippen molar-refractivity contribution in [1.29, 1.82) is 0 Å². The lowest BCUT2D eigenvalue weighted by Crippen LogP contribution is -2.28. The molecule has 0 aliphatic heterocycles. The first kappa shape index (κ1) is 21.6. The summed E-state index contributed by atoms with van der Waals surface area (Å²) in [6.07, 6.45) is 0. The molecule has 7 rings (SSSR count). The van der Waals surface area contributed by atoms with Crippen LogP contribution in [0.2, 0.25) is 0 Å². The first-order chi connectivity index (χ1) is 18.4. The summed E-state index contributed by atoms with van der Waals surface area (Å²) in [4.78, 5) is 0. The van der Waals surface area contributed by atoms with Crippen LogP contribution in [0.4, 0.5) is 0 Å². The SMILES string of the molecule is c1ccc(-c2ccc(C3(c4ccc(-c5ccccc5)cc4)c4ccccc4-c4ccccc43)cc2)cc1. The molecule has 174 valence electrons. The third kappa shape index (κ3) is 3.37. The van der Waals surface area contributed by atoms with Crippen LogP contribution in [0.3, 0.4) is 0 Å². The monoisotopic (exact) mass is 470 g/mol. The average Bonchev–Trinajstić information content (AvgIpc) is 3.30. The zero-order chi connectivity index (χ0) is 24.7. The fraction of sp³-hybridized carbons (Fsp3) is 0.0270. The van der Waals surface area contributed by atoms with E-state index in [0.717, 1.165) is 0 Å². The lowest BCUT2D eigenvalue weighted by molar-refractivity contribution is 0.769. The molecule has 0 amide bonds. The number of hydrogen-bond donors (Lipinski definition) is 0. The molecule has 0 N–H and O–H groups in total. The summed E-state index contributed by atoms with van der Waals surface area (Å²) in [6, 6.07) is 57.4. The molecule has 0 aromatic heterocycles. The largest absolute Gasteiger partial charge is 0.0713 e. The highest BCUT2D eigenvalue weighted by Gasteiger charge is 2.45. The fourth-order valence-corrected chi connectivity index (χ4v) is 6.11. The van der Waals surface area contributed by atoms with E-state index in [1.807, 2.05) is 0 Å². The van der Waals surface area contributed by atoms with Crippen molar-refractivity contribution >= 4 is 0 Å². The van der Waals surface area contributed by atoms with Crippen molar-refractivity contribution in [1.82, 2.24) is 0 Å². The van der Waals surface area contributed by atoms with Gasteiger partial charge in [0.25, 0.3) is 0 Å². The number of benzene rings is 6. The minimum absolute atomic E-state index is 0.377. The topological polar surface area (TPSA) is 0 Å². The van der Waals surface area contributed by atoms with E-state index in [0.29, 0.717) is 0 Å². The molecule has 0 fully saturated rings. The minimum atomic E-state index is -0.377. The van der Waals surface area contributed by atoms with Gasteiger partial charge in [0, 0.05) is 0 Å². The quantitative estimate of drug-likeness (QED) is 0.240. The number of fused-ring (bicyclic) bond motifs is 3. The molecule has 0 saturated carbocycles. The molecule has 0 bridgehead atoms. The Morgan fingerprint density at radius 3 is 1.00 bits per heavy atom. The summed E-state index contributed by atoms with van der Waals surface area (Å²) in [5.74, 6) is 0. The Bertz CT molecular complexity index is 1550. The second kappa shape index (κ2) is 8.76. The summed E-state index contributed by atoms with van der Waals surface area (Å²) in [5, 5.41) is 0. The highest BCUT2D eigenvalue weighted by Crippen LogP contribution is 2.56. The van der Waals surface area contributed by atoms with E-state index < -0.39 is 0 Å². The summed E-state index contributed by atoms with van der Waals surface area (Å²) in [7, 11) is 0. The van der Waals surface area contributed by atoms with Crippen LogP contribution in [0, 0.1) is 0 Å². The van der Waals surface area contributed by atoms with Crippen molar-refractivity contribution in [3.8, 4) is 33.4 Å². The van der Waals surface area contributed by atoms with Crippen LogP contribution in [-0.2, 0) is 5.41 Å². The van der Waals surface area contributed by atoms with Gasteiger partial charge >= 0.3 is 0 Å². The molecule has 0 heteroatoms. The van der Waals surface area contributed by atoms with Gasteiger partial charge in [0.2, 0.25) is 0 Å². The Balaban J connectivity index is 1.47. The first-order valence-electron chi connectivity index (χ1n) is 12.9. The minimum Gasteiger partial charge on any atom is -0.0622 e. The molecule has 0 spiro atoms. The third-order valence-corrected chi connectivity index (χ3v) is 7.80. The lowest BCUT2D eigenvalue weighted by Gasteiger charge is -2.34. The van der Waals surface area contributed by atoms with Crippen molar-refractivity contribution < 1.29 is 0 Å². The Labute approximate surface area is 218 Å². The zero-order valence-electron chi connectivity index (χ0n) is 20.5. The van der Waals surface area contributed by atoms with Gasteiger partial charge in [-0.25, -0.2) is 0 Å². The second-order valence-electron chi connectivity index (χ2n) is 9.73. The summed E-state index contributed by atoms with van der Waals surface area (Å²) >= 11 is 0. The molecule has 6 aromatic carbocycles. The average molecular weight is 471 g/mol. The third-order valence-electron chi connectivity index (χ3n) is 7.80. The van der Waals surface area contributed by atoms with E-state index in [-0.39, 0.29) is 5.41 Å². The summed E-state index contributed by atoms with van der Waals surface area (Å²) < 4.78 is 0. The Kier molecular flexibility index (Phi) is 5.11. The van der Waals surface area contributed by atoms with Gasteiger partial charge in [-0.2, -0.15) is 0 Å². The molecule has 6 aromatic rings. The molecule has 0 saturated heterocycles. The Morgan fingerprint density at radius 2 is 0.595 bits per heavy atom. The molecule has 0 radical (unpaired) electrons. The molecule has 1 aliphatic carbocycles. The van der Waals surface area contributed by atoms with Gasteiger partial charge in [0.1, 0.15) is 0 Å². The van der Waals surface area contributed by atoms with Crippen molar-refractivity contribution in [3.05, 3.63) is 180 Å². The van der Waals surface area contributed by atoms with Crippen molar-refractivity contribution in [2.24, 2.45) is 0 Å². The molecule has 0 unspecified atom stereocenters. The fourth-order valence-electron chi connectivity index (χ4n) is 6.11. The lowest BCUT2D eigenvalue weighted by atomic mass is 9.67. The van der Waals surface area contributed by atoms with Crippen molar-refractivity contribution in [2.75, 3.05) is 0 Å². The maximum Gasteiger partial charge on any atom is 0.0713 e. The van der Waals surface area contributed by atoms with Crippen molar-refractivity contribution in [2.45, 2.75) is 5.41 Å². The molecule has 37 heavy (non-hydrogen) atoms. The molecular formula is C37H26. The smallest absolute Gasteiger partial charge is 0.0622 e. The van der Waals surface area contributed by atoms with E-state index in [1.54, 1.807) is 0 Å². The van der Waals surface area contributed by atoms with Crippen molar-refractivity contribution in [3.63, 3.8) is 0 Å². The van der Waals surface area contributed by atoms with E-state index in [2.05, 4.69) is 158 Å². The van der Waals surface area contributed by atoms with Crippen LogP contribution in [0.1, 0.15) is 22.3 Å². The van der Waals surface area contributed by atoms with Gasteiger partial charge in [-0.05, 0) is 55.6 Å². The van der Waals surface area contributed by atoms with Gasteiger partial charge in [-0.15, -0.1) is 0 Å². The maximum atomic E-state index is 2.33. The van der Waals surface area contributed by atoms with Gasteiger partial charge < -0.3 is 0 Å². The predicted molar refractivity (Wildman–Crippen MR) is 155 cm³/mol. The van der Waals surface area contributed by atoms with Gasteiger partial charge in [-0.1, -0.05) is 158 Å². The van der Waals surface area contributed by atoms with Crippen LogP contribution in [-0.4, -0.2) is 0 Å². The van der Waals surface area contributed by atoms with E-state index in [1.165, 1.54) is 55.6 Å². The molecule has 0 heterocycles. The van der Waals surface area contributed by atoms with E-state index >= 15 is 0 Å². The highest BCUT2D eigenvalue weighted by molar-refractivity contribution is 5.86. The van der Waals surface area contributed by atoms with Crippen LogP contribution in [0.15, 0.2) is 158 Å². The molecule has 0 nitrogen and oxygen atoms in total. The molecule has 0 atom stereocenters. The molecule has 1 aliphatic rings. The maximum absolute atomic E-state index is 2.33. The second-order valence-corrected chi connectivity index (χ2v) is 9.73. The number of hydrogen-bond acceptors (Lipinski definition) is 0. The first-order valence-corrected chi connectivity index (χ1v) is 12.9. The summed E-state index contributed by atoms with van der Waals surface area (Å²) in [5.41, 5.74) is 12.5. The normalized spacial score (nSPS) is 13.1. The zero-order valence-corrected chi connectivity index (χ0v) is 20.5. The predicted octanol–water partition coefficient (Wildman–Crippen LogP) is 9.38. The molecular weight excluding hydrogens is 444 g/mol. The van der Waals surface area contributed by atoms with Crippen LogP contribution < -0.4 is 0 Å². The highest BCUT2D eigenvalue weighted by atomic mass is 14.5.